The van der Waals surface area contributed by atoms with Crippen LogP contribution in [0.25, 0.3) is 0 Å². The number of ether oxygens (including phenoxy) is 1. The molecule has 1 aliphatic carbocycles. The lowest BCUT2D eigenvalue weighted by Gasteiger charge is -2.16. The third-order valence-electron chi connectivity index (χ3n) is 3.21. The summed E-state index contributed by atoms with van der Waals surface area (Å²) < 4.78 is 5.31. The van der Waals surface area contributed by atoms with Crippen LogP contribution in [0.2, 0.25) is 0 Å². The molecule has 0 unspecified atom stereocenters. The molecule has 0 saturated carbocycles. The SMILES string of the molecule is O=C(OCCCc1ccncc1)[C@H]1CC=CCC1. The van der Waals surface area contributed by atoms with Crippen LogP contribution < -0.4 is 0 Å². The van der Waals surface area contributed by atoms with E-state index in [1.54, 1.807) is 12.4 Å². The summed E-state index contributed by atoms with van der Waals surface area (Å²) in [5.41, 5.74) is 1.24. The van der Waals surface area contributed by atoms with Crippen molar-refractivity contribution in [3.8, 4) is 0 Å². The third-order valence-corrected chi connectivity index (χ3v) is 3.21. The molecule has 0 spiro atoms. The van der Waals surface area contributed by atoms with Crippen LogP contribution >= 0.6 is 0 Å². The summed E-state index contributed by atoms with van der Waals surface area (Å²) in [6.45, 7) is 0.515. The number of esters is 1. The molecular weight excluding hydrogens is 226 g/mol. The molecule has 0 aromatic carbocycles. The molecule has 1 aliphatic rings. The van der Waals surface area contributed by atoms with Crippen LogP contribution in [0, 0.1) is 5.92 Å². The number of aromatic nitrogens is 1. The summed E-state index contributed by atoms with van der Waals surface area (Å²) in [6.07, 6.45) is 12.4. The van der Waals surface area contributed by atoms with E-state index in [1.165, 1.54) is 5.56 Å². The summed E-state index contributed by atoms with van der Waals surface area (Å²) in [6, 6.07) is 3.99. The van der Waals surface area contributed by atoms with Crippen molar-refractivity contribution in [1.82, 2.24) is 4.98 Å². The normalized spacial score (nSPS) is 18.6. The average molecular weight is 245 g/mol. The Bertz CT molecular complexity index is 400. The van der Waals surface area contributed by atoms with Gasteiger partial charge in [0.05, 0.1) is 12.5 Å². The largest absolute Gasteiger partial charge is 0.465 e. The summed E-state index contributed by atoms with van der Waals surface area (Å²) in [7, 11) is 0. The molecule has 18 heavy (non-hydrogen) atoms. The number of aryl methyl sites for hydroxylation is 1. The Morgan fingerprint density at radius 3 is 2.89 bits per heavy atom. The molecule has 0 bridgehead atoms. The van der Waals surface area contributed by atoms with Crippen molar-refractivity contribution in [2.24, 2.45) is 5.92 Å². The molecule has 0 N–H and O–H groups in total. The van der Waals surface area contributed by atoms with Gasteiger partial charge in [0.25, 0.3) is 0 Å². The second-order valence-electron chi connectivity index (χ2n) is 4.61. The number of rotatable bonds is 5. The van der Waals surface area contributed by atoms with Crippen LogP contribution in [0.4, 0.5) is 0 Å². The minimum Gasteiger partial charge on any atom is -0.465 e. The van der Waals surface area contributed by atoms with Gasteiger partial charge < -0.3 is 4.74 Å². The van der Waals surface area contributed by atoms with Crippen molar-refractivity contribution in [3.63, 3.8) is 0 Å². The first-order valence-electron chi connectivity index (χ1n) is 6.57. The first-order valence-corrected chi connectivity index (χ1v) is 6.57. The fourth-order valence-electron chi connectivity index (χ4n) is 2.12. The maximum absolute atomic E-state index is 11.7. The number of nitrogens with zero attached hydrogens (tertiary/aromatic N) is 1. The van der Waals surface area contributed by atoms with Gasteiger partial charge in [-0.2, -0.15) is 0 Å². The van der Waals surface area contributed by atoms with Gasteiger partial charge in [-0.3, -0.25) is 9.78 Å². The van der Waals surface area contributed by atoms with Crippen LogP contribution in [-0.4, -0.2) is 17.6 Å². The molecule has 1 atom stereocenters. The molecule has 1 aromatic rings. The Morgan fingerprint density at radius 1 is 1.33 bits per heavy atom. The number of hydrogen-bond donors (Lipinski definition) is 0. The number of carbonyl (C=O) groups is 1. The summed E-state index contributed by atoms with van der Waals surface area (Å²) in [5.74, 6) is 0.0463. The third kappa shape index (κ3) is 3.99. The number of pyridine rings is 1. The fourth-order valence-corrected chi connectivity index (χ4v) is 2.12. The summed E-state index contributed by atoms with van der Waals surface area (Å²) in [4.78, 5) is 15.7. The molecule has 0 aliphatic heterocycles. The quantitative estimate of drug-likeness (QED) is 0.455. The number of hydrogen-bond acceptors (Lipinski definition) is 3. The topological polar surface area (TPSA) is 39.2 Å². The average Bonchev–Trinajstić information content (AvgIpc) is 2.45. The van der Waals surface area contributed by atoms with E-state index >= 15 is 0 Å². The van der Waals surface area contributed by atoms with Crippen molar-refractivity contribution in [2.75, 3.05) is 6.61 Å². The smallest absolute Gasteiger partial charge is 0.309 e. The van der Waals surface area contributed by atoms with Gasteiger partial charge in [-0.15, -0.1) is 0 Å². The zero-order valence-corrected chi connectivity index (χ0v) is 10.5. The van der Waals surface area contributed by atoms with Crippen LogP contribution in [0.5, 0.6) is 0 Å². The molecular formula is C15H19NO2. The highest BCUT2D eigenvalue weighted by molar-refractivity contribution is 5.72. The molecule has 0 fully saturated rings. The monoisotopic (exact) mass is 245 g/mol. The van der Waals surface area contributed by atoms with E-state index in [0.29, 0.717) is 6.61 Å². The highest BCUT2D eigenvalue weighted by Crippen LogP contribution is 2.19. The minimum atomic E-state index is -0.0333. The van der Waals surface area contributed by atoms with Crippen LogP contribution in [0.15, 0.2) is 36.7 Å². The Kier molecular flexibility index (Phi) is 4.94. The molecule has 0 radical (unpaired) electrons. The predicted octanol–water partition coefficient (Wildman–Crippen LogP) is 2.91. The van der Waals surface area contributed by atoms with Crippen LogP contribution in [0.3, 0.4) is 0 Å². The van der Waals surface area contributed by atoms with E-state index in [-0.39, 0.29) is 11.9 Å². The standard InChI is InChI=1S/C15H19NO2/c17-15(14-6-2-1-3-7-14)18-12-4-5-13-8-10-16-11-9-13/h1-2,8-11,14H,3-7,12H2/t14-/m0/s1. The van der Waals surface area contributed by atoms with E-state index in [2.05, 4.69) is 17.1 Å². The highest BCUT2D eigenvalue weighted by atomic mass is 16.5. The lowest BCUT2D eigenvalue weighted by atomic mass is 9.95. The van der Waals surface area contributed by atoms with Crippen LogP contribution in [0.1, 0.15) is 31.2 Å². The molecule has 2 rings (SSSR count). The Balaban J connectivity index is 1.63. The van der Waals surface area contributed by atoms with E-state index in [0.717, 1.165) is 32.1 Å². The van der Waals surface area contributed by atoms with Crippen molar-refractivity contribution >= 4 is 5.97 Å². The van der Waals surface area contributed by atoms with Gasteiger partial charge in [0.1, 0.15) is 0 Å². The van der Waals surface area contributed by atoms with Gasteiger partial charge >= 0.3 is 5.97 Å². The van der Waals surface area contributed by atoms with E-state index in [9.17, 15) is 4.79 Å². The zero-order chi connectivity index (χ0) is 12.6. The number of carbonyl (C=O) groups excluding carboxylic acids is 1. The Morgan fingerprint density at radius 2 is 2.17 bits per heavy atom. The van der Waals surface area contributed by atoms with Gasteiger partial charge in [0.2, 0.25) is 0 Å². The summed E-state index contributed by atoms with van der Waals surface area (Å²) >= 11 is 0. The van der Waals surface area contributed by atoms with Crippen molar-refractivity contribution in [1.29, 1.82) is 0 Å². The number of allylic oxidation sites excluding steroid dienone is 2. The molecule has 96 valence electrons. The lowest BCUT2D eigenvalue weighted by molar-refractivity contribution is -0.148. The van der Waals surface area contributed by atoms with Gasteiger partial charge in [-0.25, -0.2) is 0 Å². The van der Waals surface area contributed by atoms with Crippen molar-refractivity contribution < 1.29 is 9.53 Å². The fraction of sp³-hybridized carbons (Fsp3) is 0.467. The maximum atomic E-state index is 11.7. The molecule has 1 aromatic heterocycles. The van der Waals surface area contributed by atoms with Crippen LogP contribution in [-0.2, 0) is 16.0 Å². The first kappa shape index (κ1) is 12.8. The van der Waals surface area contributed by atoms with Gasteiger partial charge in [-0.1, -0.05) is 12.2 Å². The lowest BCUT2D eigenvalue weighted by Crippen LogP contribution is -2.19. The first-order chi connectivity index (χ1) is 8.86. The van der Waals surface area contributed by atoms with Gasteiger partial charge in [0.15, 0.2) is 0 Å². The minimum absolute atomic E-state index is 0.0333. The Hall–Kier alpha value is -1.64. The zero-order valence-electron chi connectivity index (χ0n) is 10.5. The highest BCUT2D eigenvalue weighted by Gasteiger charge is 2.19. The van der Waals surface area contributed by atoms with Gasteiger partial charge in [0, 0.05) is 12.4 Å². The maximum Gasteiger partial charge on any atom is 0.309 e. The van der Waals surface area contributed by atoms with E-state index < -0.39 is 0 Å². The van der Waals surface area contributed by atoms with Crippen molar-refractivity contribution in [3.05, 3.63) is 42.2 Å². The molecule has 0 saturated heterocycles. The van der Waals surface area contributed by atoms with E-state index in [4.69, 9.17) is 4.74 Å². The molecule has 3 nitrogen and oxygen atoms in total. The Labute approximate surface area is 108 Å². The molecule has 3 heteroatoms. The molecule has 1 heterocycles. The second-order valence-corrected chi connectivity index (χ2v) is 4.61. The summed E-state index contributed by atoms with van der Waals surface area (Å²) in [5, 5.41) is 0. The predicted molar refractivity (Wildman–Crippen MR) is 70.0 cm³/mol. The van der Waals surface area contributed by atoms with Crippen molar-refractivity contribution in [2.45, 2.75) is 32.1 Å². The van der Waals surface area contributed by atoms with Gasteiger partial charge in [-0.05, 0) is 49.8 Å². The van der Waals surface area contributed by atoms with E-state index in [1.807, 2.05) is 12.1 Å². The second kappa shape index (κ2) is 6.94. The molecule has 0 amide bonds.